The van der Waals surface area contributed by atoms with Crippen LogP contribution in [0.3, 0.4) is 0 Å². The third kappa shape index (κ3) is 2.45. The SMILES string of the molecule is CC(C)C(=O)N1CCC(O)C(CO)C1. The van der Waals surface area contributed by atoms with E-state index in [2.05, 4.69) is 0 Å². The maximum atomic E-state index is 11.6. The summed E-state index contributed by atoms with van der Waals surface area (Å²) in [5, 5.41) is 18.5. The van der Waals surface area contributed by atoms with Gasteiger partial charge in [-0.3, -0.25) is 4.79 Å². The van der Waals surface area contributed by atoms with Gasteiger partial charge < -0.3 is 15.1 Å². The predicted octanol–water partition coefficient (Wildman–Crippen LogP) is -0.156. The number of carbonyl (C=O) groups is 1. The van der Waals surface area contributed by atoms with Crippen LogP contribution in [0.25, 0.3) is 0 Å². The fourth-order valence-corrected chi connectivity index (χ4v) is 1.76. The van der Waals surface area contributed by atoms with Crippen molar-refractivity contribution >= 4 is 5.91 Å². The number of piperidine rings is 1. The van der Waals surface area contributed by atoms with Gasteiger partial charge in [-0.1, -0.05) is 13.8 Å². The zero-order valence-corrected chi connectivity index (χ0v) is 8.81. The molecule has 0 aromatic rings. The Bertz CT molecular complexity index is 206. The molecule has 1 saturated heterocycles. The van der Waals surface area contributed by atoms with Gasteiger partial charge in [-0.05, 0) is 6.42 Å². The van der Waals surface area contributed by atoms with E-state index in [0.717, 1.165) is 0 Å². The Morgan fingerprint density at radius 2 is 2.21 bits per heavy atom. The zero-order valence-electron chi connectivity index (χ0n) is 8.81. The molecule has 1 aliphatic rings. The number of likely N-dealkylation sites (tertiary alicyclic amines) is 1. The molecular weight excluding hydrogens is 182 g/mol. The molecule has 0 bridgehead atoms. The van der Waals surface area contributed by atoms with Crippen LogP contribution in [0.2, 0.25) is 0 Å². The van der Waals surface area contributed by atoms with Crippen molar-refractivity contribution in [3.63, 3.8) is 0 Å². The van der Waals surface area contributed by atoms with Crippen molar-refractivity contribution in [2.75, 3.05) is 19.7 Å². The topological polar surface area (TPSA) is 60.8 Å². The average Bonchev–Trinajstić information content (AvgIpc) is 2.17. The van der Waals surface area contributed by atoms with Gasteiger partial charge in [-0.15, -0.1) is 0 Å². The molecule has 4 nitrogen and oxygen atoms in total. The van der Waals surface area contributed by atoms with Crippen LogP contribution in [0.4, 0.5) is 0 Å². The molecule has 1 amide bonds. The van der Waals surface area contributed by atoms with Crippen molar-refractivity contribution in [1.29, 1.82) is 0 Å². The van der Waals surface area contributed by atoms with E-state index < -0.39 is 6.10 Å². The van der Waals surface area contributed by atoms with Gasteiger partial charge in [-0.2, -0.15) is 0 Å². The molecule has 82 valence electrons. The minimum atomic E-state index is -0.462. The summed E-state index contributed by atoms with van der Waals surface area (Å²) in [6, 6.07) is 0. The number of nitrogens with zero attached hydrogens (tertiary/aromatic N) is 1. The van der Waals surface area contributed by atoms with E-state index in [9.17, 15) is 9.90 Å². The lowest BCUT2D eigenvalue weighted by Gasteiger charge is -2.36. The molecule has 1 heterocycles. The van der Waals surface area contributed by atoms with Gasteiger partial charge in [0.1, 0.15) is 0 Å². The highest BCUT2D eigenvalue weighted by molar-refractivity contribution is 5.78. The van der Waals surface area contributed by atoms with Crippen LogP contribution < -0.4 is 0 Å². The Kier molecular flexibility index (Phi) is 3.89. The molecule has 2 unspecified atom stereocenters. The van der Waals surface area contributed by atoms with E-state index in [1.165, 1.54) is 0 Å². The number of hydrogen-bond donors (Lipinski definition) is 2. The van der Waals surface area contributed by atoms with E-state index in [1.54, 1.807) is 4.90 Å². The Hall–Kier alpha value is -0.610. The van der Waals surface area contributed by atoms with Crippen molar-refractivity contribution in [1.82, 2.24) is 4.90 Å². The summed E-state index contributed by atoms with van der Waals surface area (Å²) < 4.78 is 0. The first-order valence-electron chi connectivity index (χ1n) is 5.14. The fraction of sp³-hybridized carbons (Fsp3) is 0.900. The van der Waals surface area contributed by atoms with E-state index in [0.29, 0.717) is 19.5 Å². The molecule has 14 heavy (non-hydrogen) atoms. The zero-order chi connectivity index (χ0) is 10.7. The Labute approximate surface area is 84.5 Å². The monoisotopic (exact) mass is 201 g/mol. The molecule has 4 heteroatoms. The number of rotatable bonds is 2. The summed E-state index contributed by atoms with van der Waals surface area (Å²) in [6.07, 6.45) is 0.111. The number of hydrogen-bond acceptors (Lipinski definition) is 3. The molecule has 2 N–H and O–H groups in total. The largest absolute Gasteiger partial charge is 0.396 e. The first-order chi connectivity index (χ1) is 6.56. The van der Waals surface area contributed by atoms with E-state index in [4.69, 9.17) is 5.11 Å². The highest BCUT2D eigenvalue weighted by Crippen LogP contribution is 2.18. The second kappa shape index (κ2) is 4.75. The lowest BCUT2D eigenvalue weighted by Crippen LogP contribution is -2.48. The highest BCUT2D eigenvalue weighted by Gasteiger charge is 2.30. The van der Waals surface area contributed by atoms with Gasteiger partial charge in [0.2, 0.25) is 5.91 Å². The summed E-state index contributed by atoms with van der Waals surface area (Å²) in [7, 11) is 0. The van der Waals surface area contributed by atoms with Crippen molar-refractivity contribution in [3.8, 4) is 0 Å². The first kappa shape index (κ1) is 11.5. The van der Waals surface area contributed by atoms with E-state index >= 15 is 0 Å². The van der Waals surface area contributed by atoms with Gasteiger partial charge in [0.05, 0.1) is 12.7 Å². The lowest BCUT2D eigenvalue weighted by atomic mass is 9.95. The minimum Gasteiger partial charge on any atom is -0.396 e. The molecule has 2 atom stereocenters. The molecule has 0 aliphatic carbocycles. The highest BCUT2D eigenvalue weighted by atomic mass is 16.3. The Morgan fingerprint density at radius 3 is 2.71 bits per heavy atom. The lowest BCUT2D eigenvalue weighted by molar-refractivity contribution is -0.138. The average molecular weight is 201 g/mol. The maximum absolute atomic E-state index is 11.6. The third-order valence-electron chi connectivity index (χ3n) is 2.73. The normalized spacial score (nSPS) is 28.2. The van der Waals surface area contributed by atoms with Gasteiger partial charge in [-0.25, -0.2) is 0 Å². The number of carbonyl (C=O) groups excluding carboxylic acids is 1. The summed E-state index contributed by atoms with van der Waals surface area (Å²) in [6.45, 7) is 4.76. The quantitative estimate of drug-likeness (QED) is 0.653. The molecule has 0 aromatic carbocycles. The first-order valence-corrected chi connectivity index (χ1v) is 5.14. The van der Waals surface area contributed by atoms with Crippen LogP contribution in [-0.2, 0) is 4.79 Å². The van der Waals surface area contributed by atoms with Crippen molar-refractivity contribution < 1.29 is 15.0 Å². The molecular formula is C10H19NO3. The van der Waals surface area contributed by atoms with Crippen LogP contribution in [0.1, 0.15) is 20.3 Å². The van der Waals surface area contributed by atoms with Crippen LogP contribution in [-0.4, -0.2) is 46.8 Å². The number of aliphatic hydroxyl groups is 2. The van der Waals surface area contributed by atoms with Crippen molar-refractivity contribution in [2.24, 2.45) is 11.8 Å². The van der Waals surface area contributed by atoms with Gasteiger partial charge in [0.15, 0.2) is 0 Å². The fourth-order valence-electron chi connectivity index (χ4n) is 1.76. The standard InChI is InChI=1S/C10H19NO3/c1-7(2)10(14)11-4-3-9(13)8(5-11)6-12/h7-9,12-13H,3-6H2,1-2H3. The third-order valence-corrected chi connectivity index (χ3v) is 2.73. The summed E-state index contributed by atoms with van der Waals surface area (Å²) >= 11 is 0. The molecule has 0 radical (unpaired) electrons. The second-order valence-electron chi connectivity index (χ2n) is 4.24. The van der Waals surface area contributed by atoms with Crippen LogP contribution >= 0.6 is 0 Å². The molecule has 0 saturated carbocycles. The molecule has 1 aliphatic heterocycles. The van der Waals surface area contributed by atoms with E-state index in [-0.39, 0.29) is 24.3 Å². The molecule has 1 fully saturated rings. The maximum Gasteiger partial charge on any atom is 0.225 e. The molecule has 1 rings (SSSR count). The summed E-state index contributed by atoms with van der Waals surface area (Å²) in [4.78, 5) is 13.4. The van der Waals surface area contributed by atoms with Gasteiger partial charge in [0, 0.05) is 24.9 Å². The van der Waals surface area contributed by atoms with Crippen molar-refractivity contribution in [2.45, 2.75) is 26.4 Å². The second-order valence-corrected chi connectivity index (χ2v) is 4.24. The Balaban J connectivity index is 2.54. The van der Waals surface area contributed by atoms with E-state index in [1.807, 2.05) is 13.8 Å². The van der Waals surface area contributed by atoms with Gasteiger partial charge in [0.25, 0.3) is 0 Å². The number of amides is 1. The predicted molar refractivity (Wildman–Crippen MR) is 52.6 cm³/mol. The molecule has 0 aromatic heterocycles. The van der Waals surface area contributed by atoms with Crippen LogP contribution in [0, 0.1) is 11.8 Å². The number of aliphatic hydroxyl groups excluding tert-OH is 2. The van der Waals surface area contributed by atoms with Crippen molar-refractivity contribution in [3.05, 3.63) is 0 Å². The summed E-state index contributed by atoms with van der Waals surface area (Å²) in [5.41, 5.74) is 0. The summed E-state index contributed by atoms with van der Waals surface area (Å²) in [5.74, 6) is -0.0774. The van der Waals surface area contributed by atoms with Gasteiger partial charge >= 0.3 is 0 Å². The minimum absolute atomic E-state index is 0.00964. The molecule has 0 spiro atoms. The van der Waals surface area contributed by atoms with Crippen LogP contribution in [0.5, 0.6) is 0 Å². The van der Waals surface area contributed by atoms with Crippen LogP contribution in [0.15, 0.2) is 0 Å². The Morgan fingerprint density at radius 1 is 1.57 bits per heavy atom. The smallest absolute Gasteiger partial charge is 0.225 e.